The average Bonchev–Trinajstić information content (AvgIpc) is 2.82. The molecule has 0 fully saturated rings. The Morgan fingerprint density at radius 3 is 2.21 bits per heavy atom. The highest BCUT2D eigenvalue weighted by Gasteiger charge is 2.20. The molecule has 0 aliphatic carbocycles. The van der Waals surface area contributed by atoms with Gasteiger partial charge in [0.25, 0.3) is 5.91 Å². The van der Waals surface area contributed by atoms with E-state index in [1.807, 2.05) is 60.7 Å². The first kappa shape index (κ1) is 11.4. The molecule has 19 heavy (non-hydrogen) atoms. The van der Waals surface area contributed by atoms with Crippen LogP contribution in [0.2, 0.25) is 0 Å². The topological polar surface area (TPSA) is 41.5 Å². The first-order chi connectivity index (χ1) is 9.33. The highest BCUT2D eigenvalue weighted by atomic mass is 16.2. The summed E-state index contributed by atoms with van der Waals surface area (Å²) in [6, 6.07) is 19.3. The van der Waals surface area contributed by atoms with Gasteiger partial charge in [0.05, 0.1) is 0 Å². The van der Waals surface area contributed by atoms with Crippen LogP contribution in [0.25, 0.3) is 6.08 Å². The third kappa shape index (κ3) is 2.45. The zero-order valence-corrected chi connectivity index (χ0v) is 10.2. The van der Waals surface area contributed by atoms with Gasteiger partial charge in [-0.15, -0.1) is 0 Å². The number of nitrogens with zero attached hydrogens (tertiary/aromatic N) is 1. The molecular weight excluding hydrogens is 236 g/mol. The van der Waals surface area contributed by atoms with Crippen LogP contribution in [0, 0.1) is 0 Å². The molecule has 1 aliphatic heterocycles. The third-order valence-electron chi connectivity index (χ3n) is 2.85. The minimum atomic E-state index is -0.164. The summed E-state index contributed by atoms with van der Waals surface area (Å²) in [5, 5.41) is 2.78. The van der Waals surface area contributed by atoms with Crippen LogP contribution < -0.4 is 5.32 Å². The van der Waals surface area contributed by atoms with Crippen LogP contribution in [0.3, 0.4) is 0 Å². The van der Waals surface area contributed by atoms with E-state index in [-0.39, 0.29) is 5.91 Å². The lowest BCUT2D eigenvalue weighted by atomic mass is 10.2. The minimum absolute atomic E-state index is 0.164. The molecule has 3 rings (SSSR count). The van der Waals surface area contributed by atoms with Crippen LogP contribution in [0.15, 0.2) is 71.4 Å². The fourth-order valence-electron chi connectivity index (χ4n) is 1.91. The average molecular weight is 248 g/mol. The number of aliphatic imine (C=N–C) groups is 1. The lowest BCUT2D eigenvalue weighted by molar-refractivity contribution is -0.115. The molecule has 0 bridgehead atoms. The monoisotopic (exact) mass is 248 g/mol. The van der Waals surface area contributed by atoms with Gasteiger partial charge in [-0.1, -0.05) is 60.7 Å². The maximum Gasteiger partial charge on any atom is 0.275 e. The zero-order valence-electron chi connectivity index (χ0n) is 10.2. The molecule has 92 valence electrons. The maximum atomic E-state index is 11.9. The van der Waals surface area contributed by atoms with E-state index in [2.05, 4.69) is 10.3 Å². The van der Waals surface area contributed by atoms with E-state index in [9.17, 15) is 4.79 Å². The molecule has 0 radical (unpaired) electrons. The molecule has 0 unspecified atom stereocenters. The van der Waals surface area contributed by atoms with E-state index in [0.29, 0.717) is 11.5 Å². The first-order valence-electron chi connectivity index (χ1n) is 6.05. The van der Waals surface area contributed by atoms with Crippen LogP contribution in [-0.4, -0.2) is 11.7 Å². The number of nitrogens with one attached hydrogen (secondary N) is 1. The van der Waals surface area contributed by atoms with Crippen molar-refractivity contribution >= 4 is 17.8 Å². The minimum Gasteiger partial charge on any atom is -0.305 e. The molecule has 3 heteroatoms. The van der Waals surface area contributed by atoms with E-state index < -0.39 is 0 Å². The van der Waals surface area contributed by atoms with Crippen LogP contribution in [-0.2, 0) is 4.79 Å². The summed E-state index contributed by atoms with van der Waals surface area (Å²) in [6.07, 6.45) is 1.78. The molecule has 0 saturated heterocycles. The lowest BCUT2D eigenvalue weighted by Gasteiger charge is -1.98. The number of benzene rings is 2. The van der Waals surface area contributed by atoms with Gasteiger partial charge in [-0.05, 0) is 11.6 Å². The normalized spacial score (nSPS) is 16.3. The number of rotatable bonds is 2. The Balaban J connectivity index is 1.94. The van der Waals surface area contributed by atoms with Gasteiger partial charge in [0.2, 0.25) is 0 Å². The maximum absolute atomic E-state index is 11.9. The molecule has 0 aromatic heterocycles. The van der Waals surface area contributed by atoms with Crippen molar-refractivity contribution in [3.8, 4) is 0 Å². The molecule has 1 heterocycles. The first-order valence-corrected chi connectivity index (χ1v) is 6.05. The number of hydrogen-bond acceptors (Lipinski definition) is 2. The largest absolute Gasteiger partial charge is 0.305 e. The SMILES string of the molecule is O=C1NC(c2ccccc2)=N/C1=C\c1ccccc1. The quantitative estimate of drug-likeness (QED) is 0.815. The van der Waals surface area contributed by atoms with Crippen molar-refractivity contribution in [2.24, 2.45) is 4.99 Å². The summed E-state index contributed by atoms with van der Waals surface area (Å²) in [5.41, 5.74) is 2.31. The molecule has 1 aliphatic rings. The fourth-order valence-corrected chi connectivity index (χ4v) is 1.91. The van der Waals surface area contributed by atoms with Crippen LogP contribution >= 0.6 is 0 Å². The van der Waals surface area contributed by atoms with E-state index in [4.69, 9.17) is 0 Å². The molecule has 2 aromatic carbocycles. The van der Waals surface area contributed by atoms with Gasteiger partial charge in [0.1, 0.15) is 11.5 Å². The van der Waals surface area contributed by atoms with Crippen molar-refractivity contribution in [2.75, 3.05) is 0 Å². The van der Waals surface area contributed by atoms with Gasteiger partial charge < -0.3 is 5.32 Å². The molecule has 0 atom stereocenters. The molecule has 0 spiro atoms. The number of carbonyl (C=O) groups is 1. The number of hydrogen-bond donors (Lipinski definition) is 1. The van der Waals surface area contributed by atoms with Gasteiger partial charge in [0.15, 0.2) is 0 Å². The summed E-state index contributed by atoms with van der Waals surface area (Å²) in [4.78, 5) is 16.2. The van der Waals surface area contributed by atoms with Gasteiger partial charge in [0, 0.05) is 5.56 Å². The van der Waals surface area contributed by atoms with E-state index in [0.717, 1.165) is 11.1 Å². The molecule has 2 aromatic rings. The van der Waals surface area contributed by atoms with Crippen molar-refractivity contribution in [3.63, 3.8) is 0 Å². The zero-order chi connectivity index (χ0) is 13.1. The van der Waals surface area contributed by atoms with Crippen molar-refractivity contribution < 1.29 is 4.79 Å². The fraction of sp³-hybridized carbons (Fsp3) is 0. The van der Waals surface area contributed by atoms with Crippen LogP contribution in [0.1, 0.15) is 11.1 Å². The van der Waals surface area contributed by atoms with E-state index in [1.54, 1.807) is 6.08 Å². The van der Waals surface area contributed by atoms with Crippen molar-refractivity contribution in [3.05, 3.63) is 77.5 Å². The smallest absolute Gasteiger partial charge is 0.275 e. The van der Waals surface area contributed by atoms with Crippen molar-refractivity contribution in [1.29, 1.82) is 0 Å². The molecule has 3 nitrogen and oxygen atoms in total. The van der Waals surface area contributed by atoms with Crippen LogP contribution in [0.4, 0.5) is 0 Å². The number of carbonyl (C=O) groups excluding carboxylic acids is 1. The number of amides is 1. The highest BCUT2D eigenvalue weighted by molar-refractivity contribution is 6.19. The van der Waals surface area contributed by atoms with E-state index >= 15 is 0 Å². The second-order valence-electron chi connectivity index (χ2n) is 4.22. The van der Waals surface area contributed by atoms with E-state index in [1.165, 1.54) is 0 Å². The second kappa shape index (κ2) is 4.90. The predicted octanol–water partition coefficient (Wildman–Crippen LogP) is 2.60. The van der Waals surface area contributed by atoms with Crippen molar-refractivity contribution in [2.45, 2.75) is 0 Å². The van der Waals surface area contributed by atoms with Gasteiger partial charge >= 0.3 is 0 Å². The van der Waals surface area contributed by atoms with Crippen LogP contribution in [0.5, 0.6) is 0 Å². The summed E-state index contributed by atoms with van der Waals surface area (Å²) in [7, 11) is 0. The molecule has 0 saturated carbocycles. The Morgan fingerprint density at radius 2 is 1.53 bits per heavy atom. The molecular formula is C16H12N2O. The Bertz CT molecular complexity index is 658. The molecule has 1 amide bonds. The Kier molecular flexibility index (Phi) is 2.94. The predicted molar refractivity (Wildman–Crippen MR) is 75.5 cm³/mol. The van der Waals surface area contributed by atoms with Gasteiger partial charge in [-0.3, -0.25) is 4.79 Å². The lowest BCUT2D eigenvalue weighted by Crippen LogP contribution is -2.24. The Morgan fingerprint density at radius 1 is 0.895 bits per heavy atom. The Labute approximate surface area is 111 Å². The number of amidine groups is 1. The Hall–Kier alpha value is -2.68. The van der Waals surface area contributed by atoms with Gasteiger partial charge in [-0.25, -0.2) is 4.99 Å². The van der Waals surface area contributed by atoms with Crippen molar-refractivity contribution in [1.82, 2.24) is 5.32 Å². The highest BCUT2D eigenvalue weighted by Crippen LogP contribution is 2.14. The molecule has 1 N–H and O–H groups in total. The third-order valence-corrected chi connectivity index (χ3v) is 2.85. The second-order valence-corrected chi connectivity index (χ2v) is 4.22. The summed E-state index contributed by atoms with van der Waals surface area (Å²) < 4.78 is 0. The van der Waals surface area contributed by atoms with Gasteiger partial charge in [-0.2, -0.15) is 0 Å². The standard InChI is InChI=1S/C16H12N2O/c19-16-14(11-12-7-3-1-4-8-12)17-15(18-16)13-9-5-2-6-10-13/h1-11H,(H,17,18,19)/b14-11-. The summed E-state index contributed by atoms with van der Waals surface area (Å²) in [6.45, 7) is 0. The summed E-state index contributed by atoms with van der Waals surface area (Å²) >= 11 is 0. The summed E-state index contributed by atoms with van der Waals surface area (Å²) in [5.74, 6) is 0.440.